The Hall–Kier alpha value is -2.50. The van der Waals surface area contributed by atoms with Crippen LogP contribution in [0.3, 0.4) is 0 Å². The second-order valence-electron chi connectivity index (χ2n) is 8.77. The summed E-state index contributed by atoms with van der Waals surface area (Å²) < 4.78 is 33.1. The summed E-state index contributed by atoms with van der Waals surface area (Å²) in [4.78, 5) is 16.9. The van der Waals surface area contributed by atoms with Gasteiger partial charge in [-0.1, -0.05) is 35.9 Å². The third kappa shape index (κ3) is 5.59. The Labute approximate surface area is 200 Å². The van der Waals surface area contributed by atoms with Gasteiger partial charge in [0.2, 0.25) is 15.9 Å². The molecule has 0 radical (unpaired) electrons. The Kier molecular flexibility index (Phi) is 7.54. The van der Waals surface area contributed by atoms with Crippen LogP contribution < -0.4 is 9.62 Å². The number of benzene rings is 2. The molecule has 1 amide bonds. The van der Waals surface area contributed by atoms with Crippen LogP contribution in [0.1, 0.15) is 12.0 Å². The van der Waals surface area contributed by atoms with Crippen LogP contribution in [0.25, 0.3) is 0 Å². The Morgan fingerprint density at radius 1 is 0.971 bits per heavy atom. The van der Waals surface area contributed by atoms with Gasteiger partial charge in [0.05, 0.1) is 17.4 Å². The van der Waals surface area contributed by atoms with E-state index in [1.165, 1.54) is 12.1 Å². The predicted molar refractivity (Wildman–Crippen MR) is 127 cm³/mol. The zero-order valence-corrected chi connectivity index (χ0v) is 19.9. The molecule has 184 valence electrons. The average molecular weight is 490 g/mol. The second kappa shape index (κ2) is 10.4. The van der Waals surface area contributed by atoms with Gasteiger partial charge in [-0.25, -0.2) is 13.1 Å². The van der Waals surface area contributed by atoms with E-state index in [4.69, 9.17) is 4.74 Å². The lowest BCUT2D eigenvalue weighted by atomic mass is 10.0. The molecule has 2 fully saturated rings. The van der Waals surface area contributed by atoms with Crippen molar-refractivity contribution in [1.82, 2.24) is 9.62 Å². The molecule has 0 saturated carbocycles. The molecule has 0 aromatic heterocycles. The highest BCUT2D eigenvalue weighted by atomic mass is 32.2. The SMILES string of the molecule is Cc1ccc(S(=O)(=O)NC[C@H]2O[C@@H](CC(=O)N3CCN(c4ccccc4)CC3)[C@H](O)[C@@H]2O)cc1. The zero-order valence-electron chi connectivity index (χ0n) is 19.1. The van der Waals surface area contributed by atoms with E-state index in [0.29, 0.717) is 26.2 Å². The van der Waals surface area contributed by atoms with Crippen molar-refractivity contribution in [2.24, 2.45) is 0 Å². The van der Waals surface area contributed by atoms with Gasteiger partial charge in [0.25, 0.3) is 0 Å². The maximum atomic E-state index is 12.8. The van der Waals surface area contributed by atoms with Gasteiger partial charge in [-0.05, 0) is 31.2 Å². The van der Waals surface area contributed by atoms with Gasteiger partial charge in [0.15, 0.2) is 0 Å². The summed E-state index contributed by atoms with van der Waals surface area (Å²) in [6, 6.07) is 16.4. The molecule has 10 heteroatoms. The minimum atomic E-state index is -3.79. The van der Waals surface area contributed by atoms with E-state index in [0.717, 1.165) is 11.3 Å². The van der Waals surface area contributed by atoms with Crippen molar-refractivity contribution in [1.29, 1.82) is 0 Å². The number of nitrogens with one attached hydrogen (secondary N) is 1. The van der Waals surface area contributed by atoms with Crippen LogP contribution in [0, 0.1) is 6.92 Å². The molecule has 0 bridgehead atoms. The largest absolute Gasteiger partial charge is 0.388 e. The number of rotatable bonds is 7. The molecule has 0 unspecified atom stereocenters. The van der Waals surface area contributed by atoms with E-state index in [9.17, 15) is 23.4 Å². The number of sulfonamides is 1. The maximum absolute atomic E-state index is 12.8. The Morgan fingerprint density at radius 2 is 1.59 bits per heavy atom. The van der Waals surface area contributed by atoms with Crippen molar-refractivity contribution < 1.29 is 28.2 Å². The first kappa shape index (κ1) is 24.6. The molecular weight excluding hydrogens is 458 g/mol. The van der Waals surface area contributed by atoms with Crippen molar-refractivity contribution in [2.45, 2.75) is 42.7 Å². The fourth-order valence-corrected chi connectivity index (χ4v) is 5.35. The second-order valence-corrected chi connectivity index (χ2v) is 10.5. The number of aryl methyl sites for hydroxylation is 1. The maximum Gasteiger partial charge on any atom is 0.240 e. The van der Waals surface area contributed by atoms with E-state index < -0.39 is 34.4 Å². The number of aliphatic hydroxyl groups excluding tert-OH is 2. The number of anilines is 1. The highest BCUT2D eigenvalue weighted by Gasteiger charge is 2.44. The van der Waals surface area contributed by atoms with Gasteiger partial charge in [-0.15, -0.1) is 0 Å². The van der Waals surface area contributed by atoms with Crippen LogP contribution >= 0.6 is 0 Å². The summed E-state index contributed by atoms with van der Waals surface area (Å²) in [5.41, 5.74) is 2.05. The molecule has 2 heterocycles. The van der Waals surface area contributed by atoms with Crippen molar-refractivity contribution in [2.75, 3.05) is 37.6 Å². The molecule has 2 aromatic carbocycles. The van der Waals surface area contributed by atoms with Crippen LogP contribution in [-0.4, -0.2) is 86.6 Å². The Morgan fingerprint density at radius 3 is 2.24 bits per heavy atom. The Balaban J connectivity index is 1.28. The smallest absolute Gasteiger partial charge is 0.240 e. The first-order chi connectivity index (χ1) is 16.2. The fourth-order valence-electron chi connectivity index (χ4n) is 4.31. The van der Waals surface area contributed by atoms with E-state index in [-0.39, 0.29) is 23.8 Å². The number of nitrogens with zero attached hydrogens (tertiary/aromatic N) is 2. The van der Waals surface area contributed by atoms with Gasteiger partial charge in [0.1, 0.15) is 18.3 Å². The number of aliphatic hydroxyl groups is 2. The summed E-state index contributed by atoms with van der Waals surface area (Å²) in [6.45, 7) is 4.16. The molecule has 3 N–H and O–H groups in total. The van der Waals surface area contributed by atoms with Crippen LogP contribution in [0.15, 0.2) is 59.5 Å². The predicted octanol–water partition coefficient (Wildman–Crippen LogP) is 0.501. The average Bonchev–Trinajstić information content (AvgIpc) is 3.11. The topological polar surface area (TPSA) is 119 Å². The normalized spacial score (nSPS) is 25.5. The number of carbonyl (C=O) groups excluding carboxylic acids is 1. The quantitative estimate of drug-likeness (QED) is 0.518. The van der Waals surface area contributed by atoms with Crippen LogP contribution in [-0.2, 0) is 19.6 Å². The van der Waals surface area contributed by atoms with Gasteiger partial charge in [-0.3, -0.25) is 4.79 Å². The molecule has 34 heavy (non-hydrogen) atoms. The van der Waals surface area contributed by atoms with Crippen LogP contribution in [0.2, 0.25) is 0 Å². The Bertz CT molecular complexity index is 1070. The summed E-state index contributed by atoms with van der Waals surface area (Å²) in [7, 11) is -3.79. The van der Waals surface area contributed by atoms with Gasteiger partial charge in [0, 0.05) is 38.4 Å². The molecule has 9 nitrogen and oxygen atoms in total. The van der Waals surface area contributed by atoms with Crippen molar-refractivity contribution in [3.8, 4) is 0 Å². The molecular formula is C24H31N3O6S. The van der Waals surface area contributed by atoms with E-state index in [1.54, 1.807) is 17.0 Å². The number of ether oxygens (including phenoxy) is 1. The number of para-hydroxylation sites is 1. The number of carbonyl (C=O) groups is 1. The van der Waals surface area contributed by atoms with Crippen LogP contribution in [0.5, 0.6) is 0 Å². The number of piperazine rings is 1. The standard InChI is InChI=1S/C24H31N3O6S/c1-17-7-9-19(10-8-17)34(31,32)25-16-21-24(30)23(29)20(33-21)15-22(28)27-13-11-26(12-14-27)18-5-3-2-4-6-18/h2-10,20-21,23-25,29-30H,11-16H2,1H3/t20-,21+,23-,24+/m0/s1. The highest BCUT2D eigenvalue weighted by molar-refractivity contribution is 7.89. The van der Waals surface area contributed by atoms with Crippen LogP contribution in [0.4, 0.5) is 5.69 Å². The molecule has 4 atom stereocenters. The zero-order chi connectivity index (χ0) is 24.3. The van der Waals surface area contributed by atoms with Crippen molar-refractivity contribution in [3.05, 3.63) is 60.2 Å². The number of hydrogen-bond acceptors (Lipinski definition) is 7. The molecule has 2 aliphatic heterocycles. The molecule has 2 aliphatic rings. The molecule has 2 aromatic rings. The third-order valence-corrected chi connectivity index (χ3v) is 7.84. The fraction of sp³-hybridized carbons (Fsp3) is 0.458. The minimum absolute atomic E-state index is 0.0786. The summed E-state index contributed by atoms with van der Waals surface area (Å²) in [5, 5.41) is 20.8. The molecule has 0 aliphatic carbocycles. The molecule has 4 rings (SSSR count). The lowest BCUT2D eigenvalue weighted by molar-refractivity contribution is -0.135. The minimum Gasteiger partial charge on any atom is -0.388 e. The third-order valence-electron chi connectivity index (χ3n) is 6.40. The van der Waals surface area contributed by atoms with Crippen molar-refractivity contribution in [3.63, 3.8) is 0 Å². The number of amides is 1. The van der Waals surface area contributed by atoms with Gasteiger partial charge < -0.3 is 24.7 Å². The van der Waals surface area contributed by atoms with E-state index in [1.807, 2.05) is 37.3 Å². The summed E-state index contributed by atoms with van der Waals surface area (Å²) >= 11 is 0. The van der Waals surface area contributed by atoms with E-state index >= 15 is 0 Å². The molecule has 2 saturated heterocycles. The number of hydrogen-bond donors (Lipinski definition) is 3. The van der Waals surface area contributed by atoms with Gasteiger partial charge >= 0.3 is 0 Å². The summed E-state index contributed by atoms with van der Waals surface area (Å²) in [6.07, 6.45) is -4.51. The lowest BCUT2D eigenvalue weighted by Gasteiger charge is -2.36. The lowest BCUT2D eigenvalue weighted by Crippen LogP contribution is -2.49. The monoisotopic (exact) mass is 489 g/mol. The highest BCUT2D eigenvalue weighted by Crippen LogP contribution is 2.25. The van der Waals surface area contributed by atoms with E-state index in [2.05, 4.69) is 9.62 Å². The van der Waals surface area contributed by atoms with Gasteiger partial charge in [-0.2, -0.15) is 0 Å². The molecule has 0 spiro atoms. The first-order valence-electron chi connectivity index (χ1n) is 11.4. The summed E-state index contributed by atoms with van der Waals surface area (Å²) in [5.74, 6) is -0.162. The first-order valence-corrected chi connectivity index (χ1v) is 12.9. The van der Waals surface area contributed by atoms with Crippen molar-refractivity contribution >= 4 is 21.6 Å².